The second-order valence-electron chi connectivity index (χ2n) is 7.25. The number of nitroso groups, excluding NO2 is 1. The largest absolute Gasteiger partial charge is 0.492 e. The van der Waals surface area contributed by atoms with Crippen molar-refractivity contribution < 1.29 is 17.9 Å². The zero-order chi connectivity index (χ0) is 21.7. The minimum atomic E-state index is -3.23. The lowest BCUT2D eigenvalue weighted by Crippen LogP contribution is -2.35. The first-order valence-electron chi connectivity index (χ1n) is 10.2. The van der Waals surface area contributed by atoms with Crippen molar-refractivity contribution in [3.8, 4) is 5.75 Å². The van der Waals surface area contributed by atoms with Gasteiger partial charge in [0.05, 0.1) is 11.3 Å². The van der Waals surface area contributed by atoms with E-state index in [9.17, 15) is 18.1 Å². The molecule has 1 aliphatic rings. The number of nitrogens with zero attached hydrogens (tertiary/aromatic N) is 2. The molecule has 0 spiro atoms. The van der Waals surface area contributed by atoms with E-state index >= 15 is 0 Å². The second-order valence-corrected chi connectivity index (χ2v) is 9.50. The minimum Gasteiger partial charge on any atom is -0.492 e. The van der Waals surface area contributed by atoms with Gasteiger partial charge in [-0.25, -0.2) is 8.42 Å². The second kappa shape index (κ2) is 9.53. The van der Waals surface area contributed by atoms with Crippen LogP contribution in [0.2, 0.25) is 0 Å². The van der Waals surface area contributed by atoms with Crippen LogP contribution in [0.1, 0.15) is 59.8 Å². The molecule has 1 unspecified atom stereocenters. The van der Waals surface area contributed by atoms with Crippen LogP contribution in [0.5, 0.6) is 5.75 Å². The molecule has 1 N–H and O–H groups in total. The van der Waals surface area contributed by atoms with Crippen molar-refractivity contribution in [1.82, 2.24) is 9.29 Å². The van der Waals surface area contributed by atoms with Gasteiger partial charge in [-0.05, 0) is 49.4 Å². The summed E-state index contributed by atoms with van der Waals surface area (Å²) < 4.78 is 31.1. The molecule has 0 radical (unpaired) electrons. The fourth-order valence-electron chi connectivity index (χ4n) is 4.01. The Hall–Kier alpha value is -2.52. The van der Waals surface area contributed by atoms with Gasteiger partial charge in [-0.15, -0.1) is 4.91 Å². The predicted molar refractivity (Wildman–Crippen MR) is 114 cm³/mol. The molecule has 9 heteroatoms. The van der Waals surface area contributed by atoms with E-state index in [-0.39, 0.29) is 18.3 Å². The summed E-state index contributed by atoms with van der Waals surface area (Å²) >= 11 is 0. The maximum Gasteiger partial charge on any atom is 0.318 e. The maximum absolute atomic E-state index is 12.0. The Bertz CT molecular complexity index is 998. The summed E-state index contributed by atoms with van der Waals surface area (Å²) in [4.78, 5) is 25.8. The Morgan fingerprint density at radius 3 is 2.63 bits per heavy atom. The lowest BCUT2D eigenvalue weighted by atomic mass is 9.80. The molecule has 162 valence electrons. The standard InChI is InChI=1S/C21H27N3O5S/c1-3-24(30(27,28)4-2)12-13-29-16-10-8-15(9-11-16)17-6-5-7-19-20(17)18(14-22-19)21(25)23-26/h8-11,14,17,22H,3-7,12-13H2,1-2H3. The predicted octanol–water partition coefficient (Wildman–Crippen LogP) is 3.44. The topological polar surface area (TPSA) is 109 Å². The molecule has 8 nitrogen and oxygen atoms in total. The number of aryl methyl sites for hydroxylation is 1. The third-order valence-electron chi connectivity index (χ3n) is 5.59. The molecule has 1 aromatic heterocycles. The third kappa shape index (κ3) is 4.62. The molecule has 0 saturated carbocycles. The number of H-pyrrole nitrogens is 1. The van der Waals surface area contributed by atoms with Crippen LogP contribution in [-0.2, 0) is 16.4 Å². The fraction of sp³-hybridized carbons (Fsp3) is 0.476. The van der Waals surface area contributed by atoms with E-state index in [0.717, 1.165) is 36.1 Å². The molecule has 0 bridgehead atoms. The molecule has 0 fully saturated rings. The number of likely N-dealkylation sites (N-methyl/N-ethyl adjacent to an activating group) is 1. The minimum absolute atomic E-state index is 0.0139. The fourth-order valence-corrected chi connectivity index (χ4v) is 5.12. The zero-order valence-corrected chi connectivity index (χ0v) is 18.1. The lowest BCUT2D eigenvalue weighted by molar-refractivity contribution is 0.0999. The van der Waals surface area contributed by atoms with Gasteiger partial charge in [-0.3, -0.25) is 4.79 Å². The molecule has 30 heavy (non-hydrogen) atoms. The zero-order valence-electron chi connectivity index (χ0n) is 17.3. The van der Waals surface area contributed by atoms with Crippen molar-refractivity contribution in [3.05, 3.63) is 57.8 Å². The van der Waals surface area contributed by atoms with E-state index < -0.39 is 15.9 Å². The Labute approximate surface area is 176 Å². The van der Waals surface area contributed by atoms with Gasteiger partial charge in [0.2, 0.25) is 10.0 Å². The number of benzene rings is 1. The van der Waals surface area contributed by atoms with Crippen molar-refractivity contribution in [1.29, 1.82) is 0 Å². The van der Waals surface area contributed by atoms with Gasteiger partial charge < -0.3 is 9.72 Å². The number of carbonyl (C=O) groups is 1. The number of fused-ring (bicyclic) bond motifs is 1. The van der Waals surface area contributed by atoms with Crippen LogP contribution in [0.15, 0.2) is 35.6 Å². The van der Waals surface area contributed by atoms with Gasteiger partial charge in [0.25, 0.3) is 0 Å². The van der Waals surface area contributed by atoms with Gasteiger partial charge in [0.1, 0.15) is 12.4 Å². The third-order valence-corrected chi connectivity index (χ3v) is 7.55. The van der Waals surface area contributed by atoms with Gasteiger partial charge in [-0.2, -0.15) is 4.31 Å². The number of ether oxygens (including phenoxy) is 1. The van der Waals surface area contributed by atoms with Crippen molar-refractivity contribution in [2.75, 3.05) is 25.4 Å². The molecule has 1 heterocycles. The normalized spacial score (nSPS) is 16.3. The summed E-state index contributed by atoms with van der Waals surface area (Å²) in [6.45, 7) is 4.41. The van der Waals surface area contributed by atoms with E-state index in [1.807, 2.05) is 24.3 Å². The summed E-state index contributed by atoms with van der Waals surface area (Å²) in [5.41, 5.74) is 3.23. The van der Waals surface area contributed by atoms with Crippen LogP contribution in [0.3, 0.4) is 0 Å². The number of aromatic amines is 1. The highest BCUT2D eigenvalue weighted by Crippen LogP contribution is 2.39. The molecule has 0 saturated heterocycles. The number of nitrogens with one attached hydrogen (secondary N) is 1. The molecule has 2 aromatic rings. The SMILES string of the molecule is CCN(CCOc1ccc(C2CCCc3[nH]cc(C(=O)N=O)c32)cc1)S(=O)(=O)CC. The van der Waals surface area contributed by atoms with Crippen LogP contribution < -0.4 is 4.74 Å². The summed E-state index contributed by atoms with van der Waals surface area (Å²) in [7, 11) is -3.23. The number of hydrogen-bond donors (Lipinski definition) is 1. The molecule has 0 aliphatic heterocycles. The van der Waals surface area contributed by atoms with Crippen LogP contribution >= 0.6 is 0 Å². The smallest absolute Gasteiger partial charge is 0.318 e. The molecule has 1 atom stereocenters. The van der Waals surface area contributed by atoms with Gasteiger partial charge in [0.15, 0.2) is 0 Å². The van der Waals surface area contributed by atoms with Gasteiger partial charge in [0, 0.05) is 36.1 Å². The summed E-state index contributed by atoms with van der Waals surface area (Å²) in [6.07, 6.45) is 4.28. The van der Waals surface area contributed by atoms with Crippen LogP contribution in [0.25, 0.3) is 0 Å². The Kier molecular flexibility index (Phi) is 7.04. The Balaban J connectivity index is 1.70. The van der Waals surface area contributed by atoms with Crippen molar-refractivity contribution in [2.24, 2.45) is 5.18 Å². The number of rotatable bonds is 9. The van der Waals surface area contributed by atoms with E-state index in [1.165, 1.54) is 4.31 Å². The first-order chi connectivity index (χ1) is 14.4. The molecular weight excluding hydrogens is 406 g/mol. The lowest BCUT2D eigenvalue weighted by Gasteiger charge is -2.24. The number of hydrogen-bond acceptors (Lipinski definition) is 5. The number of aromatic nitrogens is 1. The summed E-state index contributed by atoms with van der Waals surface area (Å²) in [6, 6.07) is 7.59. The molecule has 1 amide bonds. The highest BCUT2D eigenvalue weighted by molar-refractivity contribution is 7.89. The number of sulfonamides is 1. The van der Waals surface area contributed by atoms with Crippen molar-refractivity contribution >= 4 is 15.9 Å². The highest BCUT2D eigenvalue weighted by Gasteiger charge is 2.29. The Morgan fingerprint density at radius 2 is 2.00 bits per heavy atom. The van der Waals surface area contributed by atoms with E-state index in [1.54, 1.807) is 20.0 Å². The summed E-state index contributed by atoms with van der Waals surface area (Å²) in [5, 5.41) is 2.58. The number of amides is 1. The monoisotopic (exact) mass is 433 g/mol. The maximum atomic E-state index is 12.0. The quantitative estimate of drug-likeness (QED) is 0.609. The van der Waals surface area contributed by atoms with Crippen LogP contribution in [0, 0.1) is 4.91 Å². The average molecular weight is 434 g/mol. The summed E-state index contributed by atoms with van der Waals surface area (Å²) in [5.74, 6) is -0.0103. The first kappa shape index (κ1) is 22.2. The molecule has 3 rings (SSSR count). The molecule has 1 aromatic carbocycles. The molecular formula is C21H27N3O5S. The van der Waals surface area contributed by atoms with Crippen LogP contribution in [-0.4, -0.2) is 49.1 Å². The van der Waals surface area contributed by atoms with Crippen LogP contribution in [0.4, 0.5) is 0 Å². The molecule has 1 aliphatic carbocycles. The average Bonchev–Trinajstić information content (AvgIpc) is 3.21. The van der Waals surface area contributed by atoms with Crippen molar-refractivity contribution in [3.63, 3.8) is 0 Å². The van der Waals surface area contributed by atoms with E-state index in [4.69, 9.17) is 4.74 Å². The van der Waals surface area contributed by atoms with E-state index in [0.29, 0.717) is 24.4 Å². The van der Waals surface area contributed by atoms with Gasteiger partial charge in [-0.1, -0.05) is 19.1 Å². The van der Waals surface area contributed by atoms with E-state index in [2.05, 4.69) is 10.2 Å². The number of carbonyl (C=O) groups excluding carboxylic acids is 1. The Morgan fingerprint density at radius 1 is 1.27 bits per heavy atom. The first-order valence-corrected chi connectivity index (χ1v) is 11.8. The highest BCUT2D eigenvalue weighted by atomic mass is 32.2. The van der Waals surface area contributed by atoms with Gasteiger partial charge >= 0.3 is 5.91 Å². The van der Waals surface area contributed by atoms with Crippen molar-refractivity contribution in [2.45, 2.75) is 39.0 Å².